The van der Waals surface area contributed by atoms with Gasteiger partial charge in [0.15, 0.2) is 5.82 Å². The van der Waals surface area contributed by atoms with Gasteiger partial charge in [0.2, 0.25) is 11.8 Å². The molecule has 1 saturated heterocycles. The molecule has 8 nitrogen and oxygen atoms in total. The number of hydrogen-bond donors (Lipinski definition) is 1. The number of rotatable bonds is 6. The number of nitrogens with zero attached hydrogens (tertiary/aromatic N) is 4. The summed E-state index contributed by atoms with van der Waals surface area (Å²) >= 11 is 0. The second kappa shape index (κ2) is 7.87. The molecular formula is C21H27N5O3. The maximum atomic E-state index is 12.9. The Morgan fingerprint density at radius 3 is 2.62 bits per heavy atom. The monoisotopic (exact) mass is 397 g/mol. The van der Waals surface area contributed by atoms with Crippen LogP contribution in [0.15, 0.2) is 36.5 Å². The SMILES string of the molecule is COc1cccc(C2(C(=O)Nc3ccn(CC(=O)N4CCN(C)CC4)n3)CC2)c1. The predicted molar refractivity (Wildman–Crippen MR) is 109 cm³/mol. The minimum Gasteiger partial charge on any atom is -0.497 e. The summed E-state index contributed by atoms with van der Waals surface area (Å²) in [4.78, 5) is 29.5. The fourth-order valence-corrected chi connectivity index (χ4v) is 3.74. The Balaban J connectivity index is 1.37. The highest BCUT2D eigenvalue weighted by Crippen LogP contribution is 2.49. The first-order valence-corrected chi connectivity index (χ1v) is 9.96. The summed E-state index contributed by atoms with van der Waals surface area (Å²) in [5.74, 6) is 1.19. The minimum absolute atomic E-state index is 0.0501. The third kappa shape index (κ3) is 4.12. The zero-order valence-corrected chi connectivity index (χ0v) is 16.9. The summed E-state index contributed by atoms with van der Waals surface area (Å²) in [6.07, 6.45) is 3.33. The lowest BCUT2D eigenvalue weighted by molar-refractivity contribution is -0.133. The fourth-order valence-electron chi connectivity index (χ4n) is 3.74. The quantitative estimate of drug-likeness (QED) is 0.796. The summed E-state index contributed by atoms with van der Waals surface area (Å²) in [6, 6.07) is 9.38. The number of aromatic nitrogens is 2. The van der Waals surface area contributed by atoms with Gasteiger partial charge in [0.1, 0.15) is 12.3 Å². The van der Waals surface area contributed by atoms with E-state index in [0.717, 1.165) is 50.3 Å². The topological polar surface area (TPSA) is 79.7 Å². The molecule has 2 aromatic rings. The Morgan fingerprint density at radius 1 is 1.17 bits per heavy atom. The largest absolute Gasteiger partial charge is 0.497 e. The number of anilines is 1. The lowest BCUT2D eigenvalue weighted by atomic mass is 9.95. The van der Waals surface area contributed by atoms with Crippen molar-refractivity contribution < 1.29 is 14.3 Å². The van der Waals surface area contributed by atoms with Gasteiger partial charge < -0.3 is 19.9 Å². The van der Waals surface area contributed by atoms with Crippen molar-refractivity contribution in [3.63, 3.8) is 0 Å². The number of benzene rings is 1. The standard InChI is InChI=1S/C21H27N5O3/c1-24-10-12-25(13-11-24)19(27)15-26-9-6-18(23-26)22-20(28)21(7-8-21)16-4-3-5-17(14-16)29-2/h3-6,9,14H,7-8,10-13,15H2,1-2H3,(H,22,23,28). The van der Waals surface area contributed by atoms with Crippen LogP contribution in [0.5, 0.6) is 5.75 Å². The Morgan fingerprint density at radius 2 is 1.93 bits per heavy atom. The molecule has 2 heterocycles. The van der Waals surface area contributed by atoms with Gasteiger partial charge >= 0.3 is 0 Å². The molecule has 154 valence electrons. The van der Waals surface area contributed by atoms with Crippen LogP contribution >= 0.6 is 0 Å². The van der Waals surface area contributed by atoms with Gasteiger partial charge in [0, 0.05) is 38.4 Å². The van der Waals surface area contributed by atoms with E-state index in [-0.39, 0.29) is 18.4 Å². The van der Waals surface area contributed by atoms with Gasteiger partial charge in [-0.3, -0.25) is 14.3 Å². The molecule has 1 N–H and O–H groups in total. The van der Waals surface area contributed by atoms with E-state index in [4.69, 9.17) is 4.74 Å². The molecule has 0 radical (unpaired) electrons. The second-order valence-corrected chi connectivity index (χ2v) is 7.85. The zero-order chi connectivity index (χ0) is 20.4. The Hall–Kier alpha value is -2.87. The Kier molecular flexibility index (Phi) is 5.27. The molecule has 0 spiro atoms. The van der Waals surface area contributed by atoms with Crippen LogP contribution in [0, 0.1) is 0 Å². The molecule has 8 heteroatoms. The van der Waals surface area contributed by atoms with Crippen molar-refractivity contribution in [3.05, 3.63) is 42.1 Å². The lowest BCUT2D eigenvalue weighted by Gasteiger charge is -2.32. The molecule has 2 aliphatic rings. The van der Waals surface area contributed by atoms with Crippen LogP contribution in [-0.4, -0.2) is 71.7 Å². The molecule has 2 amide bonds. The number of amides is 2. The molecule has 1 saturated carbocycles. The molecule has 1 aliphatic heterocycles. The highest BCUT2D eigenvalue weighted by atomic mass is 16.5. The molecule has 0 unspecified atom stereocenters. The van der Waals surface area contributed by atoms with E-state index in [1.807, 2.05) is 29.2 Å². The van der Waals surface area contributed by atoms with Gasteiger partial charge in [-0.25, -0.2) is 0 Å². The van der Waals surface area contributed by atoms with E-state index in [9.17, 15) is 9.59 Å². The van der Waals surface area contributed by atoms with Gasteiger partial charge in [-0.1, -0.05) is 12.1 Å². The van der Waals surface area contributed by atoms with Crippen molar-refractivity contribution in [2.24, 2.45) is 0 Å². The number of likely N-dealkylation sites (N-methyl/N-ethyl adjacent to an activating group) is 1. The Labute approximate surface area is 170 Å². The number of carbonyl (C=O) groups is 2. The summed E-state index contributed by atoms with van der Waals surface area (Å²) in [6.45, 7) is 3.43. The van der Waals surface area contributed by atoms with Crippen LogP contribution < -0.4 is 10.1 Å². The van der Waals surface area contributed by atoms with E-state index in [2.05, 4.69) is 22.4 Å². The maximum Gasteiger partial charge on any atom is 0.244 e. The third-order valence-corrected chi connectivity index (χ3v) is 5.84. The van der Waals surface area contributed by atoms with Crippen molar-refractivity contribution in [2.75, 3.05) is 45.7 Å². The summed E-state index contributed by atoms with van der Waals surface area (Å²) < 4.78 is 6.87. The number of carbonyl (C=O) groups excluding carboxylic acids is 2. The van der Waals surface area contributed by atoms with E-state index < -0.39 is 5.41 Å². The van der Waals surface area contributed by atoms with E-state index in [0.29, 0.717) is 5.82 Å². The average Bonchev–Trinajstić information content (AvgIpc) is 3.44. The molecule has 4 rings (SSSR count). The van der Waals surface area contributed by atoms with Crippen LogP contribution in [0.25, 0.3) is 0 Å². The average molecular weight is 397 g/mol. The normalized spacial score (nSPS) is 18.3. The maximum absolute atomic E-state index is 12.9. The molecular weight excluding hydrogens is 370 g/mol. The van der Waals surface area contributed by atoms with Crippen LogP contribution in [0.3, 0.4) is 0 Å². The van der Waals surface area contributed by atoms with E-state index in [1.165, 1.54) is 0 Å². The van der Waals surface area contributed by atoms with Crippen LogP contribution in [-0.2, 0) is 21.5 Å². The van der Waals surface area contributed by atoms with Crippen LogP contribution in [0.1, 0.15) is 18.4 Å². The number of ether oxygens (including phenoxy) is 1. The Bertz CT molecular complexity index is 897. The first-order valence-electron chi connectivity index (χ1n) is 9.96. The number of nitrogens with one attached hydrogen (secondary N) is 1. The molecule has 29 heavy (non-hydrogen) atoms. The summed E-state index contributed by atoms with van der Waals surface area (Å²) in [5, 5.41) is 7.29. The molecule has 2 fully saturated rings. The molecule has 0 atom stereocenters. The van der Waals surface area contributed by atoms with Crippen molar-refractivity contribution in [1.29, 1.82) is 0 Å². The molecule has 0 bridgehead atoms. The number of methoxy groups -OCH3 is 1. The first kappa shape index (κ1) is 19.4. The number of piperazine rings is 1. The number of hydrogen-bond acceptors (Lipinski definition) is 5. The highest BCUT2D eigenvalue weighted by molar-refractivity contribution is 6.00. The first-order chi connectivity index (χ1) is 14.0. The predicted octanol–water partition coefficient (Wildman–Crippen LogP) is 1.34. The summed E-state index contributed by atoms with van der Waals surface area (Å²) in [5.41, 5.74) is 0.438. The van der Waals surface area contributed by atoms with Crippen molar-refractivity contribution in [2.45, 2.75) is 24.8 Å². The van der Waals surface area contributed by atoms with Crippen molar-refractivity contribution >= 4 is 17.6 Å². The van der Waals surface area contributed by atoms with Gasteiger partial charge in [0.25, 0.3) is 0 Å². The lowest BCUT2D eigenvalue weighted by Crippen LogP contribution is -2.48. The van der Waals surface area contributed by atoms with Gasteiger partial charge in [0.05, 0.1) is 12.5 Å². The molecule has 1 aliphatic carbocycles. The van der Waals surface area contributed by atoms with Gasteiger partial charge in [-0.2, -0.15) is 5.10 Å². The van der Waals surface area contributed by atoms with Crippen molar-refractivity contribution in [3.8, 4) is 5.75 Å². The molecule has 1 aromatic carbocycles. The van der Waals surface area contributed by atoms with Gasteiger partial charge in [-0.05, 0) is 37.6 Å². The fraction of sp³-hybridized carbons (Fsp3) is 0.476. The minimum atomic E-state index is -0.520. The van der Waals surface area contributed by atoms with E-state index in [1.54, 1.807) is 24.1 Å². The van der Waals surface area contributed by atoms with Crippen LogP contribution in [0.2, 0.25) is 0 Å². The highest BCUT2D eigenvalue weighted by Gasteiger charge is 2.51. The molecule has 1 aromatic heterocycles. The van der Waals surface area contributed by atoms with Crippen LogP contribution in [0.4, 0.5) is 5.82 Å². The third-order valence-electron chi connectivity index (χ3n) is 5.84. The van der Waals surface area contributed by atoms with E-state index >= 15 is 0 Å². The zero-order valence-electron chi connectivity index (χ0n) is 16.9. The smallest absolute Gasteiger partial charge is 0.244 e. The van der Waals surface area contributed by atoms with Gasteiger partial charge in [-0.15, -0.1) is 0 Å². The summed E-state index contributed by atoms with van der Waals surface area (Å²) in [7, 11) is 3.68. The second-order valence-electron chi connectivity index (χ2n) is 7.85. The van der Waals surface area contributed by atoms with Crippen molar-refractivity contribution in [1.82, 2.24) is 19.6 Å².